The van der Waals surface area contributed by atoms with Crippen molar-refractivity contribution in [2.45, 2.75) is 52.1 Å². The lowest BCUT2D eigenvalue weighted by atomic mass is 9.71. The summed E-state index contributed by atoms with van der Waals surface area (Å²) in [6.07, 6.45) is 5.61. The third-order valence-electron chi connectivity index (χ3n) is 6.31. The van der Waals surface area contributed by atoms with E-state index < -0.39 is 0 Å². The van der Waals surface area contributed by atoms with Crippen molar-refractivity contribution in [2.75, 3.05) is 24.5 Å². The SMILES string of the molecule is CC(C)n1nccc1CN1CCC2(CCCN(c3ccc(F)cc3)C2=O)CC1. The Labute approximate surface area is 166 Å². The third-order valence-corrected chi connectivity index (χ3v) is 6.31. The normalized spacial score (nSPS) is 20.3. The van der Waals surface area contributed by atoms with Gasteiger partial charge >= 0.3 is 0 Å². The molecule has 0 aliphatic carbocycles. The average molecular weight is 384 g/mol. The molecule has 4 rings (SSSR count). The Hall–Kier alpha value is -2.21. The highest BCUT2D eigenvalue weighted by Crippen LogP contribution is 2.42. The molecule has 3 heterocycles. The van der Waals surface area contributed by atoms with Crippen LogP contribution >= 0.6 is 0 Å². The smallest absolute Gasteiger partial charge is 0.233 e. The van der Waals surface area contributed by atoms with Crippen molar-refractivity contribution in [1.82, 2.24) is 14.7 Å². The molecular weight excluding hydrogens is 355 g/mol. The first-order valence-corrected chi connectivity index (χ1v) is 10.3. The zero-order valence-electron chi connectivity index (χ0n) is 16.8. The van der Waals surface area contributed by atoms with Crippen molar-refractivity contribution in [2.24, 2.45) is 5.41 Å². The van der Waals surface area contributed by atoms with Crippen LogP contribution in [-0.2, 0) is 11.3 Å². The first-order chi connectivity index (χ1) is 13.5. The molecule has 5 nitrogen and oxygen atoms in total. The maximum Gasteiger partial charge on any atom is 0.233 e. The summed E-state index contributed by atoms with van der Waals surface area (Å²) < 4.78 is 15.3. The Morgan fingerprint density at radius 1 is 1.07 bits per heavy atom. The van der Waals surface area contributed by atoms with E-state index in [1.54, 1.807) is 12.1 Å². The topological polar surface area (TPSA) is 41.4 Å². The van der Waals surface area contributed by atoms with Crippen molar-refractivity contribution in [3.8, 4) is 0 Å². The molecule has 1 aromatic carbocycles. The highest BCUT2D eigenvalue weighted by molar-refractivity contribution is 5.98. The minimum atomic E-state index is -0.267. The van der Waals surface area contributed by atoms with E-state index in [1.807, 2.05) is 11.1 Å². The van der Waals surface area contributed by atoms with Gasteiger partial charge < -0.3 is 4.90 Å². The van der Waals surface area contributed by atoms with E-state index in [1.165, 1.54) is 17.8 Å². The van der Waals surface area contributed by atoms with E-state index >= 15 is 0 Å². The number of nitrogens with zero attached hydrogens (tertiary/aromatic N) is 4. The highest BCUT2D eigenvalue weighted by Gasteiger charge is 2.46. The summed E-state index contributed by atoms with van der Waals surface area (Å²) in [6.45, 7) is 7.74. The van der Waals surface area contributed by atoms with Gasteiger partial charge in [0, 0.05) is 31.0 Å². The number of likely N-dealkylation sites (tertiary alicyclic amines) is 1. The molecular formula is C22H29FN4O. The molecule has 2 aromatic rings. The number of hydrogen-bond acceptors (Lipinski definition) is 3. The van der Waals surface area contributed by atoms with Gasteiger partial charge in [-0.15, -0.1) is 0 Å². The van der Waals surface area contributed by atoms with Crippen molar-refractivity contribution in [3.63, 3.8) is 0 Å². The van der Waals surface area contributed by atoms with E-state index in [2.05, 4.69) is 34.6 Å². The number of benzene rings is 1. The number of carbonyl (C=O) groups is 1. The zero-order chi connectivity index (χ0) is 19.7. The monoisotopic (exact) mass is 384 g/mol. The Balaban J connectivity index is 1.43. The van der Waals surface area contributed by atoms with Crippen LogP contribution in [0.3, 0.4) is 0 Å². The summed E-state index contributed by atoms with van der Waals surface area (Å²) in [5, 5.41) is 4.43. The Morgan fingerprint density at radius 3 is 2.46 bits per heavy atom. The van der Waals surface area contributed by atoms with Gasteiger partial charge in [0.05, 0.1) is 11.1 Å². The molecule has 1 amide bonds. The van der Waals surface area contributed by atoms with E-state index in [4.69, 9.17) is 0 Å². The number of anilines is 1. The number of halogens is 1. The Kier molecular flexibility index (Phi) is 5.23. The predicted molar refractivity (Wildman–Crippen MR) is 108 cm³/mol. The molecule has 0 atom stereocenters. The predicted octanol–water partition coefficient (Wildman–Crippen LogP) is 4.01. The quantitative estimate of drug-likeness (QED) is 0.800. The van der Waals surface area contributed by atoms with E-state index in [0.717, 1.165) is 57.5 Å². The molecule has 0 unspecified atom stereocenters. The van der Waals surface area contributed by atoms with Gasteiger partial charge in [0.25, 0.3) is 0 Å². The largest absolute Gasteiger partial charge is 0.312 e. The molecule has 0 saturated carbocycles. The van der Waals surface area contributed by atoms with Gasteiger partial charge in [-0.1, -0.05) is 0 Å². The van der Waals surface area contributed by atoms with Gasteiger partial charge in [-0.05, 0) is 83.0 Å². The van der Waals surface area contributed by atoms with Crippen LogP contribution in [0, 0.1) is 11.2 Å². The van der Waals surface area contributed by atoms with E-state index in [0.29, 0.717) is 6.04 Å². The first kappa shape index (κ1) is 19.1. The molecule has 28 heavy (non-hydrogen) atoms. The van der Waals surface area contributed by atoms with Crippen LogP contribution in [0.4, 0.5) is 10.1 Å². The lowest BCUT2D eigenvalue weighted by Gasteiger charge is -2.46. The summed E-state index contributed by atoms with van der Waals surface area (Å²) in [4.78, 5) is 17.7. The van der Waals surface area contributed by atoms with Gasteiger partial charge in [-0.25, -0.2) is 4.39 Å². The van der Waals surface area contributed by atoms with Crippen LogP contribution in [0.15, 0.2) is 36.5 Å². The second-order valence-electron chi connectivity index (χ2n) is 8.45. The fraction of sp³-hybridized carbons (Fsp3) is 0.545. The second kappa shape index (κ2) is 7.66. The zero-order valence-corrected chi connectivity index (χ0v) is 16.8. The number of aromatic nitrogens is 2. The summed E-state index contributed by atoms with van der Waals surface area (Å²) >= 11 is 0. The third kappa shape index (κ3) is 3.58. The second-order valence-corrected chi connectivity index (χ2v) is 8.45. The molecule has 0 bridgehead atoms. The van der Waals surface area contributed by atoms with Crippen molar-refractivity contribution >= 4 is 11.6 Å². The Bertz CT molecular complexity index is 821. The molecule has 1 spiro atoms. The van der Waals surface area contributed by atoms with Gasteiger partial charge in [-0.2, -0.15) is 5.10 Å². The maximum absolute atomic E-state index is 13.4. The molecule has 2 fully saturated rings. The van der Waals surface area contributed by atoms with Gasteiger partial charge in [0.1, 0.15) is 5.82 Å². The maximum atomic E-state index is 13.4. The number of carbonyl (C=O) groups excluding carboxylic acids is 1. The van der Waals surface area contributed by atoms with E-state index in [-0.39, 0.29) is 17.1 Å². The molecule has 2 aliphatic rings. The summed E-state index contributed by atoms with van der Waals surface area (Å²) in [5.41, 5.74) is 1.78. The minimum absolute atomic E-state index is 0.220. The first-order valence-electron chi connectivity index (χ1n) is 10.3. The number of piperidine rings is 2. The number of rotatable bonds is 4. The van der Waals surface area contributed by atoms with Gasteiger partial charge in [0.2, 0.25) is 5.91 Å². The van der Waals surface area contributed by atoms with Crippen LogP contribution in [0.25, 0.3) is 0 Å². The van der Waals surface area contributed by atoms with Crippen LogP contribution < -0.4 is 4.90 Å². The highest BCUT2D eigenvalue weighted by atomic mass is 19.1. The standard InChI is InChI=1S/C22H29FN4O/c1-17(2)27-20(8-12-24-27)16-25-14-10-22(11-15-25)9-3-13-26(21(22)28)19-6-4-18(23)5-7-19/h4-8,12,17H,3,9-11,13-16H2,1-2H3. The molecule has 6 heteroatoms. The number of amides is 1. The summed E-state index contributed by atoms with van der Waals surface area (Å²) in [5.74, 6) is -0.0471. The summed E-state index contributed by atoms with van der Waals surface area (Å²) in [6, 6.07) is 8.75. The summed E-state index contributed by atoms with van der Waals surface area (Å²) in [7, 11) is 0. The minimum Gasteiger partial charge on any atom is -0.312 e. The lowest BCUT2D eigenvalue weighted by Crippen LogP contribution is -2.53. The van der Waals surface area contributed by atoms with Gasteiger partial charge in [0.15, 0.2) is 0 Å². The molecule has 2 saturated heterocycles. The molecule has 150 valence electrons. The van der Waals surface area contributed by atoms with Crippen LogP contribution in [0.5, 0.6) is 0 Å². The molecule has 0 N–H and O–H groups in total. The fourth-order valence-electron chi connectivity index (χ4n) is 4.70. The average Bonchev–Trinajstić information content (AvgIpc) is 3.15. The van der Waals surface area contributed by atoms with Crippen molar-refractivity contribution in [1.29, 1.82) is 0 Å². The fourth-order valence-corrected chi connectivity index (χ4v) is 4.70. The number of hydrogen-bond donors (Lipinski definition) is 0. The Morgan fingerprint density at radius 2 is 1.79 bits per heavy atom. The lowest BCUT2D eigenvalue weighted by molar-refractivity contribution is -0.133. The van der Waals surface area contributed by atoms with Crippen LogP contribution in [0.2, 0.25) is 0 Å². The van der Waals surface area contributed by atoms with Crippen molar-refractivity contribution in [3.05, 3.63) is 48.0 Å². The molecule has 2 aliphatic heterocycles. The molecule has 0 radical (unpaired) electrons. The van der Waals surface area contributed by atoms with Crippen LogP contribution in [-0.4, -0.2) is 40.2 Å². The van der Waals surface area contributed by atoms with Crippen LogP contribution in [0.1, 0.15) is 51.3 Å². The van der Waals surface area contributed by atoms with Crippen molar-refractivity contribution < 1.29 is 9.18 Å². The van der Waals surface area contributed by atoms with E-state index in [9.17, 15) is 9.18 Å². The van der Waals surface area contributed by atoms with Gasteiger partial charge in [-0.3, -0.25) is 14.4 Å². The molecule has 1 aromatic heterocycles.